The Balaban J connectivity index is 0.000000360. The largest absolute Gasteiger partial charge is 0.270 e. The fourth-order valence-electron chi connectivity index (χ4n) is 0.515. The molecule has 0 aromatic carbocycles. The summed E-state index contributed by atoms with van der Waals surface area (Å²) >= 11 is 0. The first-order chi connectivity index (χ1) is 2.89. The molecule has 1 rings (SSSR count). The smallest absolute Gasteiger partial charge is 0 e. The van der Waals surface area contributed by atoms with Crippen molar-refractivity contribution in [3.63, 3.8) is 0 Å². The van der Waals surface area contributed by atoms with E-state index in [9.17, 15) is 0 Å². The Labute approximate surface area is 78.1 Å². The van der Waals surface area contributed by atoms with Crippen LogP contribution in [0.2, 0.25) is 0 Å². The van der Waals surface area contributed by atoms with Crippen LogP contribution in [0.4, 0.5) is 0 Å². The van der Waals surface area contributed by atoms with E-state index in [4.69, 9.17) is 0 Å². The monoisotopic (exact) mass is 219 g/mol. The van der Waals surface area contributed by atoms with Gasteiger partial charge in [0.2, 0.25) is 0 Å². The first kappa shape index (κ1) is 7.86. The van der Waals surface area contributed by atoms with Crippen molar-refractivity contribution in [3.8, 4) is 0 Å². The van der Waals surface area contributed by atoms with E-state index in [1.165, 1.54) is 5.57 Å². The van der Waals surface area contributed by atoms with Gasteiger partial charge in [-0.05, 0) is 0 Å². The van der Waals surface area contributed by atoms with Crippen LogP contribution in [-0.2, 0) is 0 Å². The van der Waals surface area contributed by atoms with Crippen LogP contribution in [0.1, 0.15) is 13.3 Å². The molecule has 0 unspecified atom stereocenters. The van der Waals surface area contributed by atoms with Gasteiger partial charge in [0.25, 0.3) is 0 Å². The molecule has 0 fully saturated rings. The summed E-state index contributed by atoms with van der Waals surface area (Å²) in [7, 11) is 0. The average molecular weight is 219 g/mol. The van der Waals surface area contributed by atoms with Crippen molar-refractivity contribution in [3.05, 3.63) is 23.8 Å². The molecule has 0 nitrogen and oxygen atoms in total. The van der Waals surface area contributed by atoms with Crippen LogP contribution >= 0.6 is 0 Å². The van der Waals surface area contributed by atoms with Crippen molar-refractivity contribution in [1.29, 1.82) is 0 Å². The molecule has 1 aliphatic carbocycles. The summed E-state index contributed by atoms with van der Waals surface area (Å²) in [5, 5.41) is 0. The molecule has 0 saturated carbocycles. The third-order valence-corrected chi connectivity index (χ3v) is 0.867. The Morgan fingerprint density at radius 1 is 1.71 bits per heavy atom. The molecular weight excluding hydrogens is 212 g/mol. The molecule has 0 bridgehead atoms. The van der Waals surface area contributed by atoms with Gasteiger partial charge in [0.15, 0.2) is 0 Å². The molecule has 0 spiro atoms. The predicted molar refractivity (Wildman–Crippen MR) is 26.2 cm³/mol. The van der Waals surface area contributed by atoms with E-state index >= 15 is 0 Å². The number of allylic oxidation sites excluding steroid dienone is 4. The molecule has 1 heteroatoms. The van der Waals surface area contributed by atoms with Gasteiger partial charge in [0, 0.05) is 41.7 Å². The zero-order valence-corrected chi connectivity index (χ0v) is 7.50. The number of rotatable bonds is 0. The van der Waals surface area contributed by atoms with E-state index in [2.05, 4.69) is 25.2 Å². The maximum Gasteiger partial charge on any atom is 0 e. The fourth-order valence-corrected chi connectivity index (χ4v) is 0.515. The minimum atomic E-state index is 0. The van der Waals surface area contributed by atoms with Gasteiger partial charge in [0.1, 0.15) is 0 Å². The molecule has 7 heavy (non-hydrogen) atoms. The van der Waals surface area contributed by atoms with Crippen molar-refractivity contribution in [2.24, 2.45) is 0 Å². The van der Waals surface area contributed by atoms with Crippen LogP contribution in [0, 0.1) is 47.8 Å². The topological polar surface area (TPSA) is 0 Å². The van der Waals surface area contributed by atoms with Gasteiger partial charge < -0.3 is 0 Å². The maximum absolute atomic E-state index is 3.12. The van der Waals surface area contributed by atoms with Crippen LogP contribution in [0.15, 0.2) is 17.7 Å². The maximum atomic E-state index is 3.12. The zero-order valence-electron chi connectivity index (χ0n) is 4.36. The molecule has 0 aliphatic heterocycles. The van der Waals surface area contributed by atoms with E-state index in [-0.39, 0.29) is 41.7 Å². The quantitative estimate of drug-likeness (QED) is 0.544. The van der Waals surface area contributed by atoms with Crippen LogP contribution in [0.25, 0.3) is 0 Å². The van der Waals surface area contributed by atoms with Crippen molar-refractivity contribution >= 4 is 0 Å². The third-order valence-electron chi connectivity index (χ3n) is 0.867. The third kappa shape index (κ3) is 2.62. The molecule has 0 N–H and O–H groups in total. The molecule has 1 aliphatic rings. The minimum absolute atomic E-state index is 0. The molecule has 0 atom stereocenters. The predicted octanol–water partition coefficient (Wildman–Crippen LogP) is 1.70. The Hall–Kier alpha value is 0.857. The summed E-state index contributed by atoms with van der Waals surface area (Å²) in [5.74, 6) is 0. The Morgan fingerprint density at radius 3 is 2.57 bits per heavy atom. The zero-order chi connectivity index (χ0) is 4.41. The average Bonchev–Trinajstić information content (AvgIpc) is 1.86. The van der Waals surface area contributed by atoms with Crippen LogP contribution in [0.5, 0.6) is 0 Å². The van der Waals surface area contributed by atoms with Gasteiger partial charge in [-0.2, -0.15) is 6.08 Å². The minimum Gasteiger partial charge on any atom is -0.270 e. The fraction of sp³-hybridized carbons (Fsp3) is 0.333. The van der Waals surface area contributed by atoms with Gasteiger partial charge in [-0.1, -0.05) is 6.92 Å². The summed E-state index contributed by atoms with van der Waals surface area (Å²) in [6.07, 6.45) is 8.33. The second-order valence-electron chi connectivity index (χ2n) is 1.47. The first-order valence-electron chi connectivity index (χ1n) is 2.13. The van der Waals surface area contributed by atoms with Crippen molar-refractivity contribution in [2.45, 2.75) is 13.3 Å². The molecule has 0 aromatic rings. The van der Waals surface area contributed by atoms with E-state index < -0.39 is 0 Å². The van der Waals surface area contributed by atoms with Crippen molar-refractivity contribution < 1.29 is 41.7 Å². The molecule has 0 amide bonds. The first-order valence-corrected chi connectivity index (χ1v) is 2.13. The normalized spacial score (nSPS) is 15.9. The van der Waals surface area contributed by atoms with Gasteiger partial charge >= 0.3 is 0 Å². The number of hydrogen-bond donors (Lipinski definition) is 0. The Morgan fingerprint density at radius 2 is 2.43 bits per heavy atom. The van der Waals surface area contributed by atoms with Crippen LogP contribution in [-0.4, -0.2) is 0 Å². The van der Waals surface area contributed by atoms with Gasteiger partial charge in [-0.15, -0.1) is 6.42 Å². The standard InChI is InChI=1S/C6H7.Ce/c1-6-4-2-3-5-6;/h2,4H,3H2,1H3;/q-1;. The van der Waals surface area contributed by atoms with Crippen molar-refractivity contribution in [1.82, 2.24) is 0 Å². The van der Waals surface area contributed by atoms with Gasteiger partial charge in [-0.3, -0.25) is 6.08 Å². The van der Waals surface area contributed by atoms with Crippen LogP contribution in [0.3, 0.4) is 0 Å². The summed E-state index contributed by atoms with van der Waals surface area (Å²) in [4.78, 5) is 0. The van der Waals surface area contributed by atoms with E-state index in [1.54, 1.807) is 0 Å². The molecular formula is C6H7Ce-. The Bertz CT molecular complexity index is 98.0. The van der Waals surface area contributed by atoms with E-state index in [1.807, 2.05) is 0 Å². The summed E-state index contributed by atoms with van der Waals surface area (Å²) in [5.41, 5.74) is 1.27. The Kier molecular flexibility index (Phi) is 4.28. The van der Waals surface area contributed by atoms with Crippen LogP contribution < -0.4 is 0 Å². The summed E-state index contributed by atoms with van der Waals surface area (Å²) in [6, 6.07) is 0. The number of hydrogen-bond acceptors (Lipinski definition) is 0. The van der Waals surface area contributed by atoms with Gasteiger partial charge in [0.05, 0.1) is 0 Å². The summed E-state index contributed by atoms with van der Waals surface area (Å²) < 4.78 is 0. The van der Waals surface area contributed by atoms with Crippen molar-refractivity contribution in [2.75, 3.05) is 0 Å². The van der Waals surface area contributed by atoms with Gasteiger partial charge in [-0.25, -0.2) is 11.6 Å². The molecule has 36 valence electrons. The molecule has 0 aromatic heterocycles. The molecule has 0 radical (unpaired) electrons. The van der Waals surface area contributed by atoms with E-state index in [0.717, 1.165) is 6.42 Å². The summed E-state index contributed by atoms with van der Waals surface area (Å²) in [6.45, 7) is 2.06. The molecule has 0 heterocycles. The SMILES string of the molecule is CC1=[C-]CC=C1.[Ce]. The molecule has 0 saturated heterocycles. The van der Waals surface area contributed by atoms with E-state index in [0.29, 0.717) is 0 Å². The second-order valence-corrected chi connectivity index (χ2v) is 1.47. The second kappa shape index (κ2) is 3.81.